The van der Waals surface area contributed by atoms with E-state index in [4.69, 9.17) is 4.74 Å². The van der Waals surface area contributed by atoms with Crippen LogP contribution in [0.2, 0.25) is 0 Å². The summed E-state index contributed by atoms with van der Waals surface area (Å²) >= 11 is 3.47. The molecule has 126 valence electrons. The second kappa shape index (κ2) is 7.66. The summed E-state index contributed by atoms with van der Waals surface area (Å²) < 4.78 is 6.22. The average Bonchev–Trinajstić information content (AvgIpc) is 2.61. The minimum Gasteiger partial charge on any atom is -0.422 e. The third-order valence-corrected chi connectivity index (χ3v) is 4.68. The number of ether oxygens (including phenoxy) is 1. The molecule has 0 aromatic heterocycles. The summed E-state index contributed by atoms with van der Waals surface area (Å²) in [6.45, 7) is 4.25. The van der Waals surface area contributed by atoms with E-state index in [1.165, 1.54) is 11.6 Å². The van der Waals surface area contributed by atoms with E-state index in [-0.39, 0.29) is 0 Å². The summed E-state index contributed by atoms with van der Waals surface area (Å²) in [5, 5.41) is 2.25. The van der Waals surface area contributed by atoms with E-state index in [1.54, 1.807) is 6.08 Å². The summed E-state index contributed by atoms with van der Waals surface area (Å²) in [5.74, 6) is 0.551. The number of hydrogen-bond acceptors (Lipinski definition) is 2. The molecule has 0 bridgehead atoms. The van der Waals surface area contributed by atoms with Crippen molar-refractivity contribution in [3.63, 3.8) is 0 Å². The highest BCUT2D eigenvalue weighted by Gasteiger charge is 2.08. The number of fused-ring (bicyclic) bond motifs is 1. The third kappa shape index (κ3) is 4.18. The second-order valence-corrected chi connectivity index (χ2v) is 7.02. The maximum absolute atomic E-state index is 12.2. The van der Waals surface area contributed by atoms with Crippen molar-refractivity contribution in [2.24, 2.45) is 0 Å². The number of esters is 1. The summed E-state index contributed by atoms with van der Waals surface area (Å²) in [6, 6.07) is 19.9. The molecule has 0 fully saturated rings. The number of rotatable bonds is 4. The lowest BCUT2D eigenvalue weighted by atomic mass is 10.0. The molecule has 0 heterocycles. The molecule has 0 amide bonds. The zero-order valence-corrected chi connectivity index (χ0v) is 15.8. The van der Waals surface area contributed by atoms with Crippen molar-refractivity contribution in [2.75, 3.05) is 0 Å². The molecule has 25 heavy (non-hydrogen) atoms. The van der Waals surface area contributed by atoms with Gasteiger partial charge in [0.2, 0.25) is 0 Å². The Labute approximate surface area is 156 Å². The Bertz CT molecular complexity index is 936. The van der Waals surface area contributed by atoms with E-state index in [1.807, 2.05) is 48.5 Å². The van der Waals surface area contributed by atoms with E-state index >= 15 is 0 Å². The maximum Gasteiger partial charge on any atom is 0.336 e. The van der Waals surface area contributed by atoms with Crippen molar-refractivity contribution in [1.29, 1.82) is 0 Å². The molecule has 2 nitrogen and oxygen atoms in total. The van der Waals surface area contributed by atoms with Gasteiger partial charge in [0.1, 0.15) is 5.75 Å². The molecule has 0 radical (unpaired) electrons. The average molecular weight is 395 g/mol. The lowest BCUT2D eigenvalue weighted by molar-refractivity contribution is -0.128. The predicted molar refractivity (Wildman–Crippen MR) is 107 cm³/mol. The van der Waals surface area contributed by atoms with Gasteiger partial charge in [-0.15, -0.1) is 0 Å². The standard InChI is InChI=1S/C22H19BrO2/c1-15(2)18-10-12-21(20(23)14-18)25-22(24)13-11-17-8-5-7-16-6-3-4-9-19(16)17/h3-15H,1-2H3/b13-11+. The van der Waals surface area contributed by atoms with Crippen molar-refractivity contribution in [3.05, 3.63) is 82.3 Å². The molecule has 0 unspecified atom stereocenters. The van der Waals surface area contributed by atoms with Crippen LogP contribution in [0.3, 0.4) is 0 Å². The molecule has 0 aliphatic rings. The maximum atomic E-state index is 12.2. The number of carbonyl (C=O) groups is 1. The predicted octanol–water partition coefficient (Wildman–Crippen LogP) is 6.34. The van der Waals surface area contributed by atoms with Crippen LogP contribution in [0.4, 0.5) is 0 Å². The van der Waals surface area contributed by atoms with Crippen LogP contribution in [0.5, 0.6) is 5.75 Å². The smallest absolute Gasteiger partial charge is 0.336 e. The minimum atomic E-state index is -0.397. The fourth-order valence-corrected chi connectivity index (χ4v) is 3.13. The van der Waals surface area contributed by atoms with Gasteiger partial charge in [-0.3, -0.25) is 0 Å². The number of hydrogen-bond donors (Lipinski definition) is 0. The van der Waals surface area contributed by atoms with E-state index in [9.17, 15) is 4.79 Å². The minimum absolute atomic E-state index is 0.397. The molecule has 0 N–H and O–H groups in total. The van der Waals surface area contributed by atoms with Crippen LogP contribution in [0.25, 0.3) is 16.8 Å². The Morgan fingerprint density at radius 3 is 2.56 bits per heavy atom. The van der Waals surface area contributed by atoms with Crippen molar-refractivity contribution in [3.8, 4) is 5.75 Å². The molecule has 0 spiro atoms. The lowest BCUT2D eigenvalue weighted by Crippen LogP contribution is -2.04. The summed E-state index contributed by atoms with van der Waals surface area (Å²) in [7, 11) is 0. The van der Waals surface area contributed by atoms with Crippen LogP contribution in [0, 0.1) is 0 Å². The fraction of sp³-hybridized carbons (Fsp3) is 0.136. The molecular weight excluding hydrogens is 376 g/mol. The fourth-order valence-electron chi connectivity index (χ4n) is 2.65. The Morgan fingerprint density at radius 1 is 1.04 bits per heavy atom. The largest absolute Gasteiger partial charge is 0.422 e. The second-order valence-electron chi connectivity index (χ2n) is 6.17. The van der Waals surface area contributed by atoms with Crippen LogP contribution in [-0.4, -0.2) is 5.97 Å². The summed E-state index contributed by atoms with van der Waals surface area (Å²) in [4.78, 5) is 12.2. The molecular formula is C22H19BrO2. The molecule has 0 aliphatic heterocycles. The topological polar surface area (TPSA) is 26.3 Å². The third-order valence-electron chi connectivity index (χ3n) is 4.06. The van der Waals surface area contributed by atoms with Crippen LogP contribution in [0.15, 0.2) is 71.2 Å². The first-order valence-corrected chi connectivity index (χ1v) is 9.01. The molecule has 0 saturated heterocycles. The van der Waals surface area contributed by atoms with Gasteiger partial charge in [0.15, 0.2) is 0 Å². The molecule has 3 aromatic rings. The normalized spacial score (nSPS) is 11.4. The van der Waals surface area contributed by atoms with Gasteiger partial charge in [-0.25, -0.2) is 4.79 Å². The Balaban J connectivity index is 1.77. The summed E-state index contributed by atoms with van der Waals surface area (Å²) in [6.07, 6.45) is 3.26. The SMILES string of the molecule is CC(C)c1ccc(OC(=O)/C=C/c2cccc3ccccc23)c(Br)c1. The highest BCUT2D eigenvalue weighted by atomic mass is 79.9. The van der Waals surface area contributed by atoms with E-state index < -0.39 is 5.97 Å². The first-order valence-electron chi connectivity index (χ1n) is 8.21. The van der Waals surface area contributed by atoms with Crippen molar-refractivity contribution >= 4 is 38.7 Å². The van der Waals surface area contributed by atoms with Gasteiger partial charge >= 0.3 is 5.97 Å². The zero-order chi connectivity index (χ0) is 17.8. The lowest BCUT2D eigenvalue weighted by Gasteiger charge is -2.09. The van der Waals surface area contributed by atoms with Gasteiger partial charge in [-0.2, -0.15) is 0 Å². The highest BCUT2D eigenvalue weighted by Crippen LogP contribution is 2.29. The molecule has 3 rings (SSSR count). The first-order chi connectivity index (χ1) is 12.0. The Kier molecular flexibility index (Phi) is 5.34. The van der Waals surface area contributed by atoms with Gasteiger partial charge in [0.05, 0.1) is 4.47 Å². The number of carbonyl (C=O) groups excluding carboxylic acids is 1. The van der Waals surface area contributed by atoms with Gasteiger partial charge in [-0.05, 0) is 62.0 Å². The molecule has 3 heteroatoms. The number of halogens is 1. The molecule has 0 saturated carbocycles. The van der Waals surface area contributed by atoms with Crippen molar-refractivity contribution in [1.82, 2.24) is 0 Å². The number of benzene rings is 3. The summed E-state index contributed by atoms with van der Waals surface area (Å²) in [5.41, 5.74) is 2.18. The van der Waals surface area contributed by atoms with Gasteiger partial charge in [0.25, 0.3) is 0 Å². The first kappa shape index (κ1) is 17.4. The van der Waals surface area contributed by atoms with Gasteiger partial charge in [0, 0.05) is 6.08 Å². The molecule has 3 aromatic carbocycles. The van der Waals surface area contributed by atoms with E-state index in [0.29, 0.717) is 11.7 Å². The quantitative estimate of drug-likeness (QED) is 0.293. The van der Waals surface area contributed by atoms with Crippen molar-refractivity contribution < 1.29 is 9.53 Å². The zero-order valence-electron chi connectivity index (χ0n) is 14.2. The molecule has 0 aliphatic carbocycles. The van der Waals surface area contributed by atoms with Crippen molar-refractivity contribution in [2.45, 2.75) is 19.8 Å². The van der Waals surface area contributed by atoms with Gasteiger partial charge in [-0.1, -0.05) is 62.4 Å². The van der Waals surface area contributed by atoms with Gasteiger partial charge < -0.3 is 4.74 Å². The van der Waals surface area contributed by atoms with Crippen LogP contribution in [-0.2, 0) is 4.79 Å². The van der Waals surface area contributed by atoms with Crippen LogP contribution < -0.4 is 4.74 Å². The Morgan fingerprint density at radius 2 is 1.80 bits per heavy atom. The Hall–Kier alpha value is -2.39. The monoisotopic (exact) mass is 394 g/mol. The van der Waals surface area contributed by atoms with Crippen LogP contribution >= 0.6 is 15.9 Å². The highest BCUT2D eigenvalue weighted by molar-refractivity contribution is 9.10. The van der Waals surface area contributed by atoms with Crippen LogP contribution in [0.1, 0.15) is 30.9 Å². The van der Waals surface area contributed by atoms with E-state index in [2.05, 4.69) is 41.9 Å². The van der Waals surface area contributed by atoms with E-state index in [0.717, 1.165) is 20.8 Å². The molecule has 0 atom stereocenters.